The standard InChI is InChI=1S/C27H35F2NO3/c1-4-27(29,11-6-5-7-12-30-18-19-9-8-10-22(28)13-19)17-21-14-20-15-24(32-2)25(33-3)16-23(20)26(21)31/h8-10,13,15-16,21,30H,4-7,11-12,14,17-18H2,1-3H3. The van der Waals surface area contributed by atoms with Crippen molar-refractivity contribution in [3.63, 3.8) is 0 Å². The van der Waals surface area contributed by atoms with Gasteiger partial charge in [0.1, 0.15) is 11.5 Å². The lowest BCUT2D eigenvalue weighted by Crippen LogP contribution is -2.28. The Kier molecular flexibility index (Phi) is 8.84. The highest BCUT2D eigenvalue weighted by Crippen LogP contribution is 2.41. The SMILES string of the molecule is CCC(F)(CCCCCNCc1cccc(F)c1)CC1Cc2cc(OC)c(OC)cc2C1=O. The average molecular weight is 460 g/mol. The lowest BCUT2D eigenvalue weighted by atomic mass is 9.84. The van der Waals surface area contributed by atoms with Crippen LogP contribution in [0.4, 0.5) is 8.78 Å². The number of nitrogens with one attached hydrogen (secondary N) is 1. The molecule has 2 aromatic carbocycles. The Morgan fingerprint density at radius 3 is 2.55 bits per heavy atom. The van der Waals surface area contributed by atoms with E-state index in [0.29, 0.717) is 42.9 Å². The maximum absolute atomic E-state index is 15.6. The first-order valence-electron chi connectivity index (χ1n) is 11.8. The number of rotatable bonds is 13. The Bertz CT molecular complexity index is 949. The molecular formula is C27H35F2NO3. The monoisotopic (exact) mass is 459 g/mol. The van der Waals surface area contributed by atoms with Crippen LogP contribution in [0.5, 0.6) is 11.5 Å². The van der Waals surface area contributed by atoms with E-state index in [9.17, 15) is 9.18 Å². The minimum atomic E-state index is -1.34. The van der Waals surface area contributed by atoms with E-state index in [4.69, 9.17) is 9.47 Å². The molecule has 1 aliphatic rings. The molecule has 180 valence electrons. The quantitative estimate of drug-likeness (QED) is 0.370. The fraction of sp³-hybridized carbons (Fsp3) is 0.519. The van der Waals surface area contributed by atoms with E-state index < -0.39 is 5.67 Å². The molecule has 0 radical (unpaired) electrons. The highest BCUT2D eigenvalue weighted by molar-refractivity contribution is 6.03. The molecule has 2 atom stereocenters. The molecule has 33 heavy (non-hydrogen) atoms. The van der Waals surface area contributed by atoms with Crippen LogP contribution < -0.4 is 14.8 Å². The predicted octanol–water partition coefficient (Wildman–Crippen LogP) is 6.06. The third kappa shape index (κ3) is 6.53. The molecule has 1 N–H and O–H groups in total. The zero-order valence-electron chi connectivity index (χ0n) is 19.9. The van der Waals surface area contributed by atoms with Gasteiger partial charge in [-0.1, -0.05) is 31.9 Å². The fourth-order valence-electron chi connectivity index (χ4n) is 4.68. The number of hydrogen-bond donors (Lipinski definition) is 1. The number of ketones is 1. The summed E-state index contributed by atoms with van der Waals surface area (Å²) >= 11 is 0. The number of fused-ring (bicyclic) bond motifs is 1. The maximum Gasteiger partial charge on any atom is 0.166 e. The number of carbonyl (C=O) groups is 1. The predicted molar refractivity (Wildman–Crippen MR) is 126 cm³/mol. The molecule has 0 saturated carbocycles. The van der Waals surface area contributed by atoms with Gasteiger partial charge in [-0.3, -0.25) is 4.79 Å². The Balaban J connectivity index is 1.44. The van der Waals surface area contributed by atoms with Crippen LogP contribution >= 0.6 is 0 Å². The first kappa shape index (κ1) is 25.2. The summed E-state index contributed by atoms with van der Waals surface area (Å²) in [6, 6.07) is 10.1. The van der Waals surface area contributed by atoms with Crippen molar-refractivity contribution in [2.45, 2.75) is 64.1 Å². The van der Waals surface area contributed by atoms with Crippen molar-refractivity contribution in [3.05, 3.63) is 58.9 Å². The van der Waals surface area contributed by atoms with Gasteiger partial charge in [-0.15, -0.1) is 0 Å². The number of carbonyl (C=O) groups excluding carboxylic acids is 1. The van der Waals surface area contributed by atoms with Crippen molar-refractivity contribution >= 4 is 5.78 Å². The zero-order valence-corrected chi connectivity index (χ0v) is 19.9. The number of halogens is 2. The third-order valence-corrected chi connectivity index (χ3v) is 6.65. The van der Waals surface area contributed by atoms with Gasteiger partial charge < -0.3 is 14.8 Å². The van der Waals surface area contributed by atoms with Crippen LogP contribution in [0.3, 0.4) is 0 Å². The lowest BCUT2D eigenvalue weighted by Gasteiger charge is -2.26. The molecule has 0 aromatic heterocycles. The van der Waals surface area contributed by atoms with Gasteiger partial charge in [0.05, 0.1) is 14.2 Å². The first-order valence-corrected chi connectivity index (χ1v) is 11.8. The minimum Gasteiger partial charge on any atom is -0.493 e. The van der Waals surface area contributed by atoms with Crippen molar-refractivity contribution in [2.75, 3.05) is 20.8 Å². The molecule has 4 nitrogen and oxygen atoms in total. The van der Waals surface area contributed by atoms with Crippen LogP contribution in [0.2, 0.25) is 0 Å². The first-order chi connectivity index (χ1) is 15.9. The molecule has 6 heteroatoms. The molecule has 1 aliphatic carbocycles. The zero-order chi connectivity index (χ0) is 23.8. The van der Waals surface area contributed by atoms with Crippen molar-refractivity contribution in [2.24, 2.45) is 5.92 Å². The molecule has 3 rings (SSSR count). The van der Waals surface area contributed by atoms with E-state index in [1.807, 2.05) is 19.1 Å². The van der Waals surface area contributed by atoms with E-state index in [2.05, 4.69) is 5.32 Å². The number of unbranched alkanes of at least 4 members (excludes halogenated alkanes) is 2. The normalized spacial score (nSPS) is 17.0. The number of methoxy groups -OCH3 is 2. The average Bonchev–Trinajstić information content (AvgIpc) is 3.11. The summed E-state index contributed by atoms with van der Waals surface area (Å²) in [6.07, 6.45) is 4.28. The molecule has 0 aliphatic heterocycles. The molecule has 2 aromatic rings. The fourth-order valence-corrected chi connectivity index (χ4v) is 4.68. The van der Waals surface area contributed by atoms with Crippen molar-refractivity contribution < 1.29 is 23.0 Å². The van der Waals surface area contributed by atoms with Gasteiger partial charge in [0.2, 0.25) is 0 Å². The summed E-state index contributed by atoms with van der Waals surface area (Å²) < 4.78 is 39.5. The van der Waals surface area contributed by atoms with Crippen LogP contribution in [-0.2, 0) is 13.0 Å². The number of hydrogen-bond acceptors (Lipinski definition) is 4. The van der Waals surface area contributed by atoms with E-state index >= 15 is 4.39 Å². The minimum absolute atomic E-state index is 0.00276. The largest absolute Gasteiger partial charge is 0.493 e. The highest BCUT2D eigenvalue weighted by atomic mass is 19.1. The van der Waals surface area contributed by atoms with Gasteiger partial charge in [-0.05, 0) is 74.0 Å². The maximum atomic E-state index is 15.6. The van der Waals surface area contributed by atoms with Gasteiger partial charge in [-0.2, -0.15) is 0 Å². The molecule has 0 amide bonds. The smallest absolute Gasteiger partial charge is 0.166 e. The number of ether oxygens (including phenoxy) is 2. The Morgan fingerprint density at radius 1 is 1.09 bits per heavy atom. The van der Waals surface area contributed by atoms with Crippen LogP contribution in [-0.4, -0.2) is 32.2 Å². The Labute approximate surface area is 195 Å². The van der Waals surface area contributed by atoms with E-state index in [-0.39, 0.29) is 23.9 Å². The summed E-state index contributed by atoms with van der Waals surface area (Å²) in [6.45, 7) is 3.29. The van der Waals surface area contributed by atoms with Crippen molar-refractivity contribution in [1.82, 2.24) is 5.32 Å². The van der Waals surface area contributed by atoms with E-state index in [1.54, 1.807) is 26.4 Å². The second-order valence-corrected chi connectivity index (χ2v) is 8.96. The van der Waals surface area contributed by atoms with Crippen LogP contribution in [0.25, 0.3) is 0 Å². The van der Waals surface area contributed by atoms with Gasteiger partial charge in [0.25, 0.3) is 0 Å². The second-order valence-electron chi connectivity index (χ2n) is 8.96. The Morgan fingerprint density at radius 2 is 1.85 bits per heavy atom. The molecule has 0 saturated heterocycles. The molecule has 0 spiro atoms. The summed E-state index contributed by atoms with van der Waals surface area (Å²) in [4.78, 5) is 12.9. The molecule has 0 bridgehead atoms. The van der Waals surface area contributed by atoms with Gasteiger partial charge in [-0.25, -0.2) is 8.78 Å². The van der Waals surface area contributed by atoms with Gasteiger partial charge in [0, 0.05) is 18.0 Å². The summed E-state index contributed by atoms with van der Waals surface area (Å²) in [5, 5.41) is 3.31. The molecule has 2 unspecified atom stereocenters. The summed E-state index contributed by atoms with van der Waals surface area (Å²) in [7, 11) is 3.11. The lowest BCUT2D eigenvalue weighted by molar-refractivity contribution is 0.0760. The second kappa shape index (κ2) is 11.6. The van der Waals surface area contributed by atoms with Crippen LogP contribution in [0.15, 0.2) is 36.4 Å². The van der Waals surface area contributed by atoms with Crippen molar-refractivity contribution in [1.29, 1.82) is 0 Å². The Hall–Kier alpha value is -2.47. The van der Waals surface area contributed by atoms with Crippen molar-refractivity contribution in [3.8, 4) is 11.5 Å². The number of benzene rings is 2. The van der Waals surface area contributed by atoms with Gasteiger partial charge >= 0.3 is 0 Å². The molecular weight excluding hydrogens is 424 g/mol. The third-order valence-electron chi connectivity index (χ3n) is 6.65. The topological polar surface area (TPSA) is 47.6 Å². The summed E-state index contributed by atoms with van der Waals surface area (Å²) in [5.41, 5.74) is 1.11. The summed E-state index contributed by atoms with van der Waals surface area (Å²) in [5.74, 6) is 0.559. The highest BCUT2D eigenvalue weighted by Gasteiger charge is 2.39. The number of alkyl halides is 1. The number of Topliss-reactive ketones (excluding diaryl/α,β-unsaturated/α-hetero) is 1. The van der Waals surface area contributed by atoms with Gasteiger partial charge in [0.15, 0.2) is 17.3 Å². The van der Waals surface area contributed by atoms with Crippen LogP contribution in [0.1, 0.15) is 66.9 Å². The molecule has 0 fully saturated rings. The van der Waals surface area contributed by atoms with Crippen LogP contribution in [0, 0.1) is 11.7 Å². The van der Waals surface area contributed by atoms with E-state index in [1.165, 1.54) is 12.1 Å². The van der Waals surface area contributed by atoms with E-state index in [0.717, 1.165) is 36.9 Å². The molecule has 0 heterocycles.